The highest BCUT2D eigenvalue weighted by molar-refractivity contribution is 8.00. The summed E-state index contributed by atoms with van der Waals surface area (Å²) in [6.07, 6.45) is -3.29. The fourth-order valence-corrected chi connectivity index (χ4v) is 7.88. The van der Waals surface area contributed by atoms with E-state index in [4.69, 9.17) is 9.15 Å². The molecular weight excluding hydrogens is 595 g/mol. The van der Waals surface area contributed by atoms with Crippen molar-refractivity contribution in [2.75, 3.05) is 17.3 Å². The predicted octanol–water partition coefficient (Wildman–Crippen LogP) is 4.96. The van der Waals surface area contributed by atoms with Gasteiger partial charge in [-0.3, -0.25) is 23.7 Å². The molecule has 2 aliphatic heterocycles. The average Bonchev–Trinajstić information content (AvgIpc) is 3.66. The van der Waals surface area contributed by atoms with Gasteiger partial charge in [0.2, 0.25) is 17.7 Å². The first-order valence-corrected chi connectivity index (χ1v) is 14.2. The number of thiazole rings is 1. The normalized spacial score (nSPS) is 19.9. The molecule has 1 N–H and O–H groups in total. The molecule has 1 saturated heterocycles. The average molecular weight is 616 g/mol. The maximum Gasteiger partial charge on any atom is 0.416 e. The second-order valence-electron chi connectivity index (χ2n) is 9.52. The number of ether oxygens (including phenoxy) is 1. The molecule has 2 aromatic carbocycles. The van der Waals surface area contributed by atoms with Gasteiger partial charge in [0.05, 0.1) is 46.4 Å². The summed E-state index contributed by atoms with van der Waals surface area (Å²) in [4.78, 5) is 54.2. The number of halogens is 3. The van der Waals surface area contributed by atoms with Crippen LogP contribution in [-0.2, 0) is 27.1 Å². The number of benzene rings is 2. The minimum Gasteiger partial charge on any atom is -0.497 e. The zero-order valence-corrected chi connectivity index (χ0v) is 23.2. The highest BCUT2D eigenvalue weighted by Crippen LogP contribution is 2.54. The summed E-state index contributed by atoms with van der Waals surface area (Å²) in [6, 6.07) is 13.8. The number of thioether (sulfide) groups is 1. The molecular formula is C28H20F3N3O6S2. The van der Waals surface area contributed by atoms with Crippen molar-refractivity contribution in [3.8, 4) is 5.75 Å². The second kappa shape index (κ2) is 10.5. The number of furan rings is 1. The Labute approximate surface area is 243 Å². The lowest BCUT2D eigenvalue weighted by Gasteiger charge is -2.29. The van der Waals surface area contributed by atoms with Crippen LogP contribution in [0.15, 0.2) is 81.2 Å². The molecule has 3 amide bonds. The van der Waals surface area contributed by atoms with Crippen molar-refractivity contribution in [2.45, 2.75) is 28.9 Å². The van der Waals surface area contributed by atoms with E-state index < -0.39 is 51.4 Å². The molecule has 4 heterocycles. The number of rotatable bonds is 6. The Balaban J connectivity index is 1.36. The van der Waals surface area contributed by atoms with Gasteiger partial charge in [-0.1, -0.05) is 29.2 Å². The summed E-state index contributed by atoms with van der Waals surface area (Å²) < 4.78 is 52.2. The Bertz CT molecular complexity index is 1750. The fourth-order valence-electron chi connectivity index (χ4n) is 5.12. The Morgan fingerprint density at radius 1 is 1.05 bits per heavy atom. The largest absolute Gasteiger partial charge is 0.497 e. The first kappa shape index (κ1) is 27.8. The molecule has 9 nitrogen and oxygen atoms in total. The molecule has 216 valence electrons. The lowest BCUT2D eigenvalue weighted by atomic mass is 9.87. The van der Waals surface area contributed by atoms with E-state index in [0.29, 0.717) is 27.1 Å². The van der Waals surface area contributed by atoms with Crippen molar-refractivity contribution in [2.24, 2.45) is 5.92 Å². The number of carbonyl (C=O) groups is 3. The van der Waals surface area contributed by atoms with Gasteiger partial charge in [-0.2, -0.15) is 13.2 Å². The van der Waals surface area contributed by atoms with Crippen LogP contribution in [-0.4, -0.2) is 34.6 Å². The molecule has 0 bridgehead atoms. The molecule has 14 heteroatoms. The standard InChI is InChI=1S/C28H20F3N3O6S2/c1-39-17-9-7-15(8-10-17)32-19(35)13-33-26-23(42-27(33)38)20(18-6-3-11-40-18)21-22(41-26)25(37)34(24(21)36)16-5-2-4-14(12-16)28(29,30)31/h2-12,20-22H,13H2,1H3,(H,32,35). The molecule has 1 fully saturated rings. The summed E-state index contributed by atoms with van der Waals surface area (Å²) in [5.41, 5.74) is -0.721. The maximum absolute atomic E-state index is 13.8. The zero-order chi connectivity index (χ0) is 29.8. The van der Waals surface area contributed by atoms with Crippen LogP contribution < -0.4 is 19.8 Å². The van der Waals surface area contributed by atoms with Crippen LogP contribution in [0.3, 0.4) is 0 Å². The lowest BCUT2D eigenvalue weighted by Crippen LogP contribution is -2.32. The van der Waals surface area contributed by atoms with Crippen molar-refractivity contribution < 1.29 is 36.7 Å². The van der Waals surface area contributed by atoms with Crippen molar-refractivity contribution in [1.29, 1.82) is 0 Å². The zero-order valence-electron chi connectivity index (χ0n) is 21.6. The molecule has 0 spiro atoms. The Hall–Kier alpha value is -4.30. The quantitative estimate of drug-likeness (QED) is 0.305. The van der Waals surface area contributed by atoms with Gasteiger partial charge in [0.1, 0.15) is 23.3 Å². The first-order chi connectivity index (χ1) is 20.1. The number of nitrogens with zero attached hydrogens (tertiary/aromatic N) is 2. The monoisotopic (exact) mass is 615 g/mol. The number of nitrogens with one attached hydrogen (secondary N) is 1. The van der Waals surface area contributed by atoms with Gasteiger partial charge in [-0.25, -0.2) is 4.90 Å². The van der Waals surface area contributed by atoms with Gasteiger partial charge >= 0.3 is 11.0 Å². The van der Waals surface area contributed by atoms with Crippen LogP contribution in [0, 0.1) is 5.92 Å². The van der Waals surface area contributed by atoms with Gasteiger partial charge in [-0.15, -0.1) is 0 Å². The first-order valence-electron chi connectivity index (χ1n) is 12.5. The molecule has 2 aliphatic rings. The highest BCUT2D eigenvalue weighted by Gasteiger charge is 2.57. The Kier molecular flexibility index (Phi) is 6.97. The molecule has 42 heavy (non-hydrogen) atoms. The summed E-state index contributed by atoms with van der Waals surface area (Å²) in [6.45, 7) is -0.370. The topological polar surface area (TPSA) is 111 Å². The lowest BCUT2D eigenvalue weighted by molar-refractivity contribution is -0.137. The van der Waals surface area contributed by atoms with Crippen LogP contribution >= 0.6 is 23.1 Å². The van der Waals surface area contributed by atoms with Crippen LogP contribution in [0.25, 0.3) is 0 Å². The number of alkyl halides is 3. The molecule has 0 aliphatic carbocycles. The SMILES string of the molecule is COc1ccc(NC(=O)Cn2c3c(sc2=O)C(c2ccco2)C2C(=O)N(c4cccc(C(F)(F)F)c4)C(=O)C2S3)cc1. The van der Waals surface area contributed by atoms with E-state index in [1.807, 2.05) is 0 Å². The number of amides is 3. The van der Waals surface area contributed by atoms with E-state index >= 15 is 0 Å². The van der Waals surface area contributed by atoms with E-state index in [9.17, 15) is 32.3 Å². The molecule has 4 aromatic rings. The third-order valence-electron chi connectivity index (χ3n) is 7.01. The Morgan fingerprint density at radius 2 is 1.81 bits per heavy atom. The Morgan fingerprint density at radius 3 is 2.48 bits per heavy atom. The number of carbonyl (C=O) groups excluding carboxylic acids is 3. The number of imide groups is 1. The molecule has 3 atom stereocenters. The van der Waals surface area contributed by atoms with Gasteiger partial charge in [0, 0.05) is 5.69 Å². The number of aromatic nitrogens is 1. The minimum absolute atomic E-state index is 0.201. The number of hydrogen-bond acceptors (Lipinski definition) is 8. The molecule has 2 aromatic heterocycles. The van der Waals surface area contributed by atoms with Crippen LogP contribution in [0.2, 0.25) is 0 Å². The minimum atomic E-state index is -4.67. The van der Waals surface area contributed by atoms with E-state index in [-0.39, 0.29) is 12.2 Å². The smallest absolute Gasteiger partial charge is 0.416 e. The maximum atomic E-state index is 13.8. The van der Waals surface area contributed by atoms with Crippen molar-refractivity contribution >= 4 is 52.2 Å². The van der Waals surface area contributed by atoms with Crippen molar-refractivity contribution in [3.05, 3.63) is 92.8 Å². The van der Waals surface area contributed by atoms with Gasteiger partial charge < -0.3 is 14.5 Å². The van der Waals surface area contributed by atoms with Gasteiger partial charge in [0.15, 0.2) is 0 Å². The summed E-state index contributed by atoms with van der Waals surface area (Å²) in [5.74, 6) is -2.92. The predicted molar refractivity (Wildman–Crippen MR) is 148 cm³/mol. The number of fused-ring (bicyclic) bond motifs is 2. The summed E-state index contributed by atoms with van der Waals surface area (Å²) >= 11 is 1.78. The molecule has 3 unspecified atom stereocenters. The van der Waals surface area contributed by atoms with E-state index in [0.717, 1.165) is 46.2 Å². The van der Waals surface area contributed by atoms with Crippen LogP contribution in [0.5, 0.6) is 5.75 Å². The fraction of sp³-hybridized carbons (Fsp3) is 0.214. The molecule has 0 saturated carbocycles. The van der Waals surface area contributed by atoms with Crippen LogP contribution in [0.1, 0.15) is 22.1 Å². The number of hydrogen-bond donors (Lipinski definition) is 1. The third-order valence-corrected chi connectivity index (χ3v) is 9.61. The second-order valence-corrected chi connectivity index (χ2v) is 11.6. The number of anilines is 2. The van der Waals surface area contributed by atoms with Crippen molar-refractivity contribution in [3.63, 3.8) is 0 Å². The third kappa shape index (κ3) is 4.79. The van der Waals surface area contributed by atoms with Crippen LogP contribution in [0.4, 0.5) is 24.5 Å². The van der Waals surface area contributed by atoms with Gasteiger partial charge in [0.25, 0.3) is 0 Å². The van der Waals surface area contributed by atoms with Crippen molar-refractivity contribution in [1.82, 2.24) is 4.57 Å². The van der Waals surface area contributed by atoms with E-state index in [2.05, 4.69) is 5.32 Å². The van der Waals surface area contributed by atoms with Gasteiger partial charge in [-0.05, 0) is 54.6 Å². The van der Waals surface area contributed by atoms with E-state index in [1.165, 1.54) is 24.0 Å². The summed E-state index contributed by atoms with van der Waals surface area (Å²) in [5, 5.41) is 1.97. The molecule has 0 radical (unpaired) electrons. The van der Waals surface area contributed by atoms with E-state index in [1.54, 1.807) is 36.4 Å². The highest BCUT2D eigenvalue weighted by atomic mass is 32.2. The molecule has 6 rings (SSSR count). The summed E-state index contributed by atoms with van der Waals surface area (Å²) in [7, 11) is 1.51. The number of methoxy groups -OCH3 is 1.